The largest absolute Gasteiger partial charge is 0.481 e. The van der Waals surface area contributed by atoms with Crippen LogP contribution in [0.5, 0.6) is 0 Å². The molecule has 4 rings (SSSR count). The highest BCUT2D eigenvalue weighted by Gasteiger charge is 2.52. The topological polar surface area (TPSA) is 229 Å². The maximum atomic E-state index is 11.5. The van der Waals surface area contributed by atoms with Gasteiger partial charge in [-0.1, -0.05) is 13.8 Å². The number of fused-ring (bicyclic) bond motifs is 2. The molecule has 2 fully saturated rings. The van der Waals surface area contributed by atoms with Crippen molar-refractivity contribution in [3.8, 4) is 0 Å². The Labute approximate surface area is 194 Å². The average Bonchev–Trinajstić information content (AvgIpc) is 3.30. The number of carboxylic acids is 2. The summed E-state index contributed by atoms with van der Waals surface area (Å²) >= 11 is 0. The highest BCUT2D eigenvalue weighted by Crippen LogP contribution is 2.52. The minimum absolute atomic E-state index is 0.157. The predicted octanol–water partition coefficient (Wildman–Crippen LogP) is 0.925. The Hall–Kier alpha value is -2.68. The molecular weight excluding hydrogens is 477 g/mol. The monoisotopic (exact) mass is 505 g/mol. The average molecular weight is 505 g/mol. The Balaban J connectivity index is 0.000000285. The molecule has 0 aliphatic carbocycles. The van der Waals surface area contributed by atoms with E-state index < -0.39 is 44.3 Å². The number of imidazole rings is 1. The molecule has 0 spiro atoms. The SMILES string of the molecule is CCCC(=O)O.CCCC(=O)O.Nc1ncnc2c1ncn2[C@@H]1O[C@@H]2COP(=O)(O)O[C@H]2[C@H]1O. The van der Waals surface area contributed by atoms with Crippen LogP contribution in [0.25, 0.3) is 11.2 Å². The molecule has 2 aromatic heterocycles. The number of aliphatic carboxylic acids is 2. The van der Waals surface area contributed by atoms with E-state index in [0.717, 1.165) is 12.8 Å². The van der Waals surface area contributed by atoms with Crippen molar-refractivity contribution in [3.63, 3.8) is 0 Å². The first-order valence-electron chi connectivity index (χ1n) is 10.4. The third-order valence-corrected chi connectivity index (χ3v) is 5.54. The molecule has 0 bridgehead atoms. The molecule has 16 heteroatoms. The highest BCUT2D eigenvalue weighted by molar-refractivity contribution is 7.47. The van der Waals surface area contributed by atoms with Crippen LogP contribution in [0.3, 0.4) is 0 Å². The Kier molecular flexibility index (Phi) is 9.85. The Morgan fingerprint density at radius 3 is 2.32 bits per heavy atom. The highest BCUT2D eigenvalue weighted by atomic mass is 31.2. The van der Waals surface area contributed by atoms with Gasteiger partial charge >= 0.3 is 19.8 Å². The van der Waals surface area contributed by atoms with Crippen LogP contribution in [-0.4, -0.2) is 76.6 Å². The molecule has 0 amide bonds. The van der Waals surface area contributed by atoms with Gasteiger partial charge in [0, 0.05) is 12.8 Å². The Morgan fingerprint density at radius 1 is 1.18 bits per heavy atom. The predicted molar refractivity (Wildman–Crippen MR) is 115 cm³/mol. The van der Waals surface area contributed by atoms with Crippen molar-refractivity contribution in [1.29, 1.82) is 0 Å². The van der Waals surface area contributed by atoms with Crippen LogP contribution >= 0.6 is 7.82 Å². The smallest absolute Gasteiger partial charge is 0.472 e. The van der Waals surface area contributed by atoms with E-state index in [2.05, 4.69) is 19.5 Å². The number of nitrogen functional groups attached to an aromatic ring is 1. The molecule has 6 N–H and O–H groups in total. The van der Waals surface area contributed by atoms with Crippen LogP contribution in [0.2, 0.25) is 0 Å². The van der Waals surface area contributed by atoms with Gasteiger partial charge in [0.25, 0.3) is 0 Å². The molecule has 15 nitrogen and oxygen atoms in total. The van der Waals surface area contributed by atoms with Gasteiger partial charge in [-0.15, -0.1) is 0 Å². The van der Waals surface area contributed by atoms with Crippen molar-refractivity contribution in [3.05, 3.63) is 12.7 Å². The third-order valence-electron chi connectivity index (χ3n) is 4.56. The van der Waals surface area contributed by atoms with Gasteiger partial charge in [0.15, 0.2) is 17.7 Å². The van der Waals surface area contributed by atoms with Crippen molar-refractivity contribution >= 4 is 36.7 Å². The number of aliphatic hydroxyl groups excluding tert-OH is 1. The number of nitrogens with zero attached hydrogens (tertiary/aromatic N) is 4. The fourth-order valence-electron chi connectivity index (χ4n) is 3.05. The molecule has 5 atom stereocenters. The number of carboxylic acid groups (broad SMARTS) is 2. The van der Waals surface area contributed by atoms with Gasteiger partial charge in [0.05, 0.1) is 12.9 Å². The van der Waals surface area contributed by atoms with Crippen molar-refractivity contribution in [1.82, 2.24) is 19.5 Å². The summed E-state index contributed by atoms with van der Waals surface area (Å²) in [7, 11) is -4.16. The van der Waals surface area contributed by atoms with E-state index >= 15 is 0 Å². The van der Waals surface area contributed by atoms with E-state index in [4.69, 9.17) is 25.2 Å². The van der Waals surface area contributed by atoms with Crippen molar-refractivity contribution < 1.29 is 48.2 Å². The molecule has 0 radical (unpaired) electrons. The number of hydrogen-bond donors (Lipinski definition) is 5. The number of rotatable bonds is 5. The lowest BCUT2D eigenvalue weighted by Crippen LogP contribution is -2.39. The zero-order valence-electron chi connectivity index (χ0n) is 18.6. The van der Waals surface area contributed by atoms with E-state index in [-0.39, 0.29) is 12.4 Å². The number of hydrogen-bond acceptors (Lipinski definition) is 11. The van der Waals surface area contributed by atoms with E-state index in [1.54, 1.807) is 0 Å². The number of anilines is 1. The summed E-state index contributed by atoms with van der Waals surface area (Å²) in [5.74, 6) is -1.22. The number of ether oxygens (including phenoxy) is 1. The van der Waals surface area contributed by atoms with Crippen molar-refractivity contribution in [2.45, 2.75) is 64.1 Å². The van der Waals surface area contributed by atoms with Crippen LogP contribution in [-0.2, 0) is 27.9 Å². The van der Waals surface area contributed by atoms with Crippen LogP contribution in [0.4, 0.5) is 5.82 Å². The van der Waals surface area contributed by atoms with E-state index in [9.17, 15) is 24.2 Å². The summed E-state index contributed by atoms with van der Waals surface area (Å²) in [6.45, 7) is 3.53. The van der Waals surface area contributed by atoms with Crippen LogP contribution in [0, 0.1) is 0 Å². The fraction of sp³-hybridized carbons (Fsp3) is 0.611. The quantitative estimate of drug-likeness (QED) is 0.356. The normalized spacial score (nSPS) is 27.6. The summed E-state index contributed by atoms with van der Waals surface area (Å²) < 4.78 is 28.2. The third kappa shape index (κ3) is 7.16. The van der Waals surface area contributed by atoms with Crippen LogP contribution in [0.15, 0.2) is 12.7 Å². The summed E-state index contributed by atoms with van der Waals surface area (Å²) in [4.78, 5) is 40.5. The van der Waals surface area contributed by atoms with E-state index in [0.29, 0.717) is 24.0 Å². The lowest BCUT2D eigenvalue weighted by atomic mass is 10.1. The van der Waals surface area contributed by atoms with Gasteiger partial charge in [-0.05, 0) is 12.8 Å². The minimum atomic E-state index is -4.16. The molecule has 0 saturated carbocycles. The summed E-state index contributed by atoms with van der Waals surface area (Å²) in [5.41, 5.74) is 6.46. The first kappa shape index (κ1) is 27.6. The number of phosphoric ester groups is 1. The second-order valence-corrected chi connectivity index (χ2v) is 8.67. The number of nitrogens with two attached hydrogens (primary N) is 1. The lowest BCUT2D eigenvalue weighted by molar-refractivity contribution is -0.138. The first-order chi connectivity index (χ1) is 16.0. The Bertz CT molecular complexity index is 1020. The zero-order valence-corrected chi connectivity index (χ0v) is 19.4. The van der Waals surface area contributed by atoms with Gasteiger partial charge in [-0.25, -0.2) is 19.5 Å². The second kappa shape index (κ2) is 12.1. The van der Waals surface area contributed by atoms with Crippen LogP contribution in [0.1, 0.15) is 45.8 Å². The zero-order chi connectivity index (χ0) is 25.5. The fourth-order valence-corrected chi connectivity index (χ4v) is 4.01. The van der Waals surface area contributed by atoms with Gasteiger partial charge in [-0.3, -0.25) is 23.2 Å². The van der Waals surface area contributed by atoms with Crippen molar-refractivity contribution in [2.24, 2.45) is 0 Å². The maximum Gasteiger partial charge on any atom is 0.472 e. The lowest BCUT2D eigenvalue weighted by Gasteiger charge is -2.27. The number of aromatic nitrogens is 4. The minimum Gasteiger partial charge on any atom is -0.481 e. The first-order valence-corrected chi connectivity index (χ1v) is 11.9. The summed E-state index contributed by atoms with van der Waals surface area (Å²) in [6.07, 6.45) is 0.979. The molecule has 4 heterocycles. The molecule has 2 aliphatic rings. The Morgan fingerprint density at radius 2 is 1.79 bits per heavy atom. The van der Waals surface area contributed by atoms with Crippen LogP contribution < -0.4 is 5.73 Å². The second-order valence-electron chi connectivity index (χ2n) is 7.26. The standard InChI is InChI=1S/C10H12N5O6P.2C4H8O2/c11-8-5-9(13-2-12-8)15(3-14-5)10-6(16)7-4(20-10)1-19-22(17,18)21-7;2*1-2-3-4(5)6/h2-4,6-7,10,16H,1H2,(H,17,18)(H2,11,12,13);2*2-3H2,1H3,(H,5,6)/t4-,6-,7-,10-;;/m1../s1. The van der Waals surface area contributed by atoms with Gasteiger partial charge in [-0.2, -0.15) is 0 Å². The molecule has 2 aromatic rings. The van der Waals surface area contributed by atoms with E-state index in [1.165, 1.54) is 17.2 Å². The van der Waals surface area contributed by atoms with Crippen molar-refractivity contribution in [2.75, 3.05) is 12.3 Å². The van der Waals surface area contributed by atoms with Gasteiger partial charge in [0.1, 0.15) is 30.2 Å². The van der Waals surface area contributed by atoms with E-state index in [1.807, 2.05) is 13.8 Å². The maximum absolute atomic E-state index is 11.5. The molecule has 190 valence electrons. The van der Waals surface area contributed by atoms with Gasteiger partial charge in [0.2, 0.25) is 0 Å². The number of aliphatic hydroxyl groups is 1. The summed E-state index contributed by atoms with van der Waals surface area (Å²) in [5, 5.41) is 26.2. The molecule has 2 aliphatic heterocycles. The number of phosphoric acid groups is 1. The molecule has 1 unspecified atom stereocenters. The summed E-state index contributed by atoms with van der Waals surface area (Å²) in [6, 6.07) is 0. The van der Waals surface area contributed by atoms with Gasteiger partial charge < -0.3 is 30.7 Å². The number of carbonyl (C=O) groups is 2. The molecule has 0 aromatic carbocycles. The molecular formula is C18H28N5O10P. The molecule has 2 saturated heterocycles. The molecule has 34 heavy (non-hydrogen) atoms.